The molecule has 1 aromatic heterocycles. The van der Waals surface area contributed by atoms with Crippen molar-refractivity contribution >= 4 is 39.6 Å². The van der Waals surface area contributed by atoms with E-state index in [0.29, 0.717) is 11.4 Å². The van der Waals surface area contributed by atoms with Gasteiger partial charge in [0.25, 0.3) is 5.91 Å². The highest BCUT2D eigenvalue weighted by Crippen LogP contribution is 2.18. The van der Waals surface area contributed by atoms with Crippen LogP contribution in [0.5, 0.6) is 0 Å². The van der Waals surface area contributed by atoms with Crippen LogP contribution in [0.25, 0.3) is 0 Å². The molecule has 0 atom stereocenters. The van der Waals surface area contributed by atoms with Crippen molar-refractivity contribution in [2.75, 3.05) is 11.9 Å². The van der Waals surface area contributed by atoms with Gasteiger partial charge in [-0.1, -0.05) is 54.6 Å². The first-order chi connectivity index (χ1) is 20.6. The minimum absolute atomic E-state index is 0.00878. The van der Waals surface area contributed by atoms with Gasteiger partial charge in [-0.25, -0.2) is 13.8 Å². The summed E-state index contributed by atoms with van der Waals surface area (Å²) in [5, 5.41) is 8.89. The maximum Gasteiger partial charge on any atom is 0.313 e. The van der Waals surface area contributed by atoms with E-state index in [9.17, 15) is 22.8 Å². The second-order valence-corrected chi connectivity index (χ2v) is 11.5. The SMILES string of the molecule is Cc1ccc(NC(=O)C(=O)NCc2ccc(/C=N\NC(=O)CN(Cc3ccccc3)S(=O)(=O)c3ccccc3)o2)cc1C. The lowest BCUT2D eigenvalue weighted by atomic mass is 10.1. The lowest BCUT2D eigenvalue weighted by Crippen LogP contribution is -2.39. The maximum absolute atomic E-state index is 13.3. The Bertz CT molecular complexity index is 1720. The van der Waals surface area contributed by atoms with E-state index in [2.05, 4.69) is 21.2 Å². The van der Waals surface area contributed by atoms with E-state index in [1.54, 1.807) is 66.7 Å². The van der Waals surface area contributed by atoms with Crippen LogP contribution >= 0.6 is 0 Å². The van der Waals surface area contributed by atoms with Gasteiger partial charge in [0.15, 0.2) is 0 Å². The number of sulfonamides is 1. The fraction of sp³-hybridized carbons (Fsp3) is 0.161. The van der Waals surface area contributed by atoms with Crippen molar-refractivity contribution in [3.05, 3.63) is 119 Å². The molecule has 0 fully saturated rings. The second-order valence-electron chi connectivity index (χ2n) is 9.60. The zero-order valence-electron chi connectivity index (χ0n) is 23.6. The van der Waals surface area contributed by atoms with Gasteiger partial charge in [0.1, 0.15) is 11.5 Å². The fourth-order valence-corrected chi connectivity index (χ4v) is 5.34. The van der Waals surface area contributed by atoms with Crippen molar-refractivity contribution in [1.29, 1.82) is 0 Å². The van der Waals surface area contributed by atoms with E-state index < -0.39 is 34.3 Å². The lowest BCUT2D eigenvalue weighted by Gasteiger charge is -2.21. The molecule has 3 N–H and O–H groups in total. The van der Waals surface area contributed by atoms with Crippen LogP contribution in [-0.4, -0.2) is 43.2 Å². The van der Waals surface area contributed by atoms with E-state index in [4.69, 9.17) is 4.42 Å². The van der Waals surface area contributed by atoms with E-state index in [1.165, 1.54) is 18.3 Å². The summed E-state index contributed by atoms with van der Waals surface area (Å²) >= 11 is 0. The minimum Gasteiger partial charge on any atom is -0.458 e. The topological polar surface area (TPSA) is 150 Å². The highest BCUT2D eigenvalue weighted by atomic mass is 32.2. The summed E-state index contributed by atoms with van der Waals surface area (Å²) in [7, 11) is -3.97. The number of hydrogen-bond acceptors (Lipinski definition) is 7. The van der Waals surface area contributed by atoms with Gasteiger partial charge < -0.3 is 15.1 Å². The van der Waals surface area contributed by atoms with Crippen molar-refractivity contribution in [3.63, 3.8) is 0 Å². The third-order valence-electron chi connectivity index (χ3n) is 6.36. The minimum atomic E-state index is -3.97. The Hall–Kier alpha value is -5.07. The maximum atomic E-state index is 13.3. The van der Waals surface area contributed by atoms with Crippen molar-refractivity contribution in [1.82, 2.24) is 15.0 Å². The Balaban J connectivity index is 1.30. The number of anilines is 1. The van der Waals surface area contributed by atoms with E-state index in [-0.39, 0.29) is 23.7 Å². The highest BCUT2D eigenvalue weighted by molar-refractivity contribution is 7.89. The average molecular weight is 602 g/mol. The Kier molecular flexibility index (Phi) is 10.2. The zero-order valence-corrected chi connectivity index (χ0v) is 24.4. The molecule has 3 aromatic carbocycles. The van der Waals surface area contributed by atoms with Crippen LogP contribution in [-0.2, 0) is 37.5 Å². The Morgan fingerprint density at radius 1 is 0.860 bits per heavy atom. The normalized spacial score (nSPS) is 11.4. The van der Waals surface area contributed by atoms with Gasteiger partial charge in [-0.15, -0.1) is 0 Å². The molecule has 0 aliphatic heterocycles. The number of nitrogens with one attached hydrogen (secondary N) is 3. The predicted octanol–water partition coefficient (Wildman–Crippen LogP) is 3.49. The number of nitrogens with zero attached hydrogens (tertiary/aromatic N) is 2. The molecule has 0 aliphatic rings. The Morgan fingerprint density at radius 2 is 1.56 bits per heavy atom. The first kappa shape index (κ1) is 30.9. The van der Waals surface area contributed by atoms with Crippen molar-refractivity contribution in [2.24, 2.45) is 5.10 Å². The number of hydrazone groups is 1. The summed E-state index contributed by atoms with van der Waals surface area (Å²) in [4.78, 5) is 37.2. The fourth-order valence-electron chi connectivity index (χ4n) is 3.93. The molecule has 0 bridgehead atoms. The molecule has 0 aliphatic carbocycles. The molecular weight excluding hydrogens is 570 g/mol. The first-order valence-electron chi connectivity index (χ1n) is 13.3. The Morgan fingerprint density at radius 3 is 2.26 bits per heavy atom. The smallest absolute Gasteiger partial charge is 0.313 e. The third kappa shape index (κ3) is 8.71. The summed E-state index contributed by atoms with van der Waals surface area (Å²) in [6.07, 6.45) is 1.24. The number of carbonyl (C=O) groups excluding carboxylic acids is 3. The molecule has 12 heteroatoms. The van der Waals surface area contributed by atoms with Gasteiger partial charge in [0.05, 0.1) is 24.2 Å². The van der Waals surface area contributed by atoms with Crippen LogP contribution in [0.2, 0.25) is 0 Å². The lowest BCUT2D eigenvalue weighted by molar-refractivity contribution is -0.136. The van der Waals surface area contributed by atoms with Gasteiger partial charge in [0.2, 0.25) is 10.0 Å². The number of aryl methyl sites for hydroxylation is 2. The zero-order chi connectivity index (χ0) is 30.8. The molecule has 0 unspecified atom stereocenters. The van der Waals surface area contributed by atoms with E-state index in [0.717, 1.165) is 21.0 Å². The monoisotopic (exact) mass is 601 g/mol. The quantitative estimate of drug-likeness (QED) is 0.136. The van der Waals surface area contributed by atoms with Crippen molar-refractivity contribution in [2.45, 2.75) is 31.8 Å². The molecule has 1 heterocycles. The molecule has 11 nitrogen and oxygen atoms in total. The number of amides is 3. The summed E-state index contributed by atoms with van der Waals surface area (Å²) in [5.41, 5.74) is 5.61. The molecule has 0 spiro atoms. The van der Waals surface area contributed by atoms with Crippen LogP contribution in [0.1, 0.15) is 28.2 Å². The summed E-state index contributed by atoms with van der Waals surface area (Å²) < 4.78 is 33.2. The molecule has 3 amide bonds. The molecule has 222 valence electrons. The standard InChI is InChI=1S/C31H31N5O6S/c1-22-13-14-25(17-23(22)2)34-31(39)30(38)32-18-26-15-16-27(42-26)19-33-35-29(37)21-36(20-24-9-5-3-6-10-24)43(40,41)28-11-7-4-8-12-28/h3-17,19H,18,20-21H2,1-2H3,(H,32,38)(H,34,39)(H,35,37)/b33-19-. The number of hydrogen-bond donors (Lipinski definition) is 3. The summed E-state index contributed by atoms with van der Waals surface area (Å²) in [6.45, 7) is 3.33. The van der Waals surface area contributed by atoms with E-state index in [1.807, 2.05) is 26.0 Å². The first-order valence-corrected chi connectivity index (χ1v) is 14.7. The molecule has 4 aromatic rings. The van der Waals surface area contributed by atoms with E-state index >= 15 is 0 Å². The molecule has 0 saturated carbocycles. The Labute approximate surface area is 249 Å². The average Bonchev–Trinajstić information content (AvgIpc) is 3.46. The molecule has 0 radical (unpaired) electrons. The van der Waals surface area contributed by atoms with Gasteiger partial charge in [-0.05, 0) is 66.9 Å². The second kappa shape index (κ2) is 14.2. The van der Waals surface area contributed by atoms with Crippen LogP contribution in [0.15, 0.2) is 105 Å². The molecule has 0 saturated heterocycles. The van der Waals surface area contributed by atoms with Crippen LogP contribution in [0.4, 0.5) is 5.69 Å². The predicted molar refractivity (Wildman–Crippen MR) is 161 cm³/mol. The summed E-state index contributed by atoms with van der Waals surface area (Å²) in [5.74, 6) is -1.68. The van der Waals surface area contributed by atoms with Gasteiger partial charge >= 0.3 is 11.8 Å². The van der Waals surface area contributed by atoms with Crippen LogP contribution in [0.3, 0.4) is 0 Å². The van der Waals surface area contributed by atoms with Crippen LogP contribution in [0, 0.1) is 13.8 Å². The molecule has 4 rings (SSSR count). The largest absolute Gasteiger partial charge is 0.458 e. The van der Waals surface area contributed by atoms with Crippen molar-refractivity contribution in [3.8, 4) is 0 Å². The third-order valence-corrected chi connectivity index (χ3v) is 8.17. The number of carbonyl (C=O) groups is 3. The van der Waals surface area contributed by atoms with Gasteiger partial charge in [-0.3, -0.25) is 14.4 Å². The molecule has 43 heavy (non-hydrogen) atoms. The molecular formula is C31H31N5O6S. The van der Waals surface area contributed by atoms with Crippen molar-refractivity contribution < 1.29 is 27.2 Å². The van der Waals surface area contributed by atoms with Gasteiger partial charge in [0, 0.05) is 12.2 Å². The number of benzene rings is 3. The number of rotatable bonds is 11. The summed E-state index contributed by atoms with van der Waals surface area (Å²) in [6, 6.07) is 25.3. The highest BCUT2D eigenvalue weighted by Gasteiger charge is 2.26. The number of furan rings is 1. The van der Waals surface area contributed by atoms with Gasteiger partial charge in [-0.2, -0.15) is 9.41 Å². The van der Waals surface area contributed by atoms with Crippen LogP contribution < -0.4 is 16.1 Å².